The van der Waals surface area contributed by atoms with Crippen molar-refractivity contribution in [1.82, 2.24) is 0 Å². The summed E-state index contributed by atoms with van der Waals surface area (Å²) in [5.74, 6) is 0.436. The molecule has 1 aromatic carbocycles. The SMILES string of the molecule is C[C@]1(c2cc(N)ccc2F)N=C(N)SCC12CCS(=O)(=O)CC2. The number of aliphatic imine (C=N–C) groups is 1. The van der Waals surface area contributed by atoms with Gasteiger partial charge in [-0.3, -0.25) is 4.99 Å². The monoisotopic (exact) mass is 357 g/mol. The molecule has 2 heterocycles. The highest BCUT2D eigenvalue weighted by atomic mass is 32.2. The molecule has 1 spiro atoms. The third kappa shape index (κ3) is 2.71. The summed E-state index contributed by atoms with van der Waals surface area (Å²) in [7, 11) is -3.03. The zero-order valence-corrected chi connectivity index (χ0v) is 14.5. The van der Waals surface area contributed by atoms with Crippen molar-refractivity contribution >= 4 is 32.5 Å². The van der Waals surface area contributed by atoms with Crippen LogP contribution in [-0.2, 0) is 15.4 Å². The van der Waals surface area contributed by atoms with Crippen LogP contribution < -0.4 is 11.5 Å². The molecule has 1 atom stereocenters. The van der Waals surface area contributed by atoms with Crippen LogP contribution >= 0.6 is 11.8 Å². The minimum Gasteiger partial charge on any atom is -0.399 e. The van der Waals surface area contributed by atoms with Crippen molar-refractivity contribution in [2.24, 2.45) is 16.1 Å². The van der Waals surface area contributed by atoms with Crippen LogP contribution in [-0.4, -0.2) is 30.8 Å². The maximum atomic E-state index is 14.5. The van der Waals surface area contributed by atoms with Gasteiger partial charge in [0.25, 0.3) is 0 Å². The van der Waals surface area contributed by atoms with Gasteiger partial charge in [0.2, 0.25) is 0 Å². The van der Waals surface area contributed by atoms with Gasteiger partial charge in [-0.25, -0.2) is 12.8 Å². The normalized spacial score (nSPS) is 29.2. The Morgan fingerprint density at radius 3 is 2.57 bits per heavy atom. The highest BCUT2D eigenvalue weighted by Gasteiger charge is 2.54. The first-order valence-electron chi connectivity index (χ1n) is 7.42. The first-order valence-corrected chi connectivity index (χ1v) is 10.2. The highest BCUT2D eigenvalue weighted by Crippen LogP contribution is 2.55. The van der Waals surface area contributed by atoms with E-state index in [0.29, 0.717) is 35.0 Å². The molecule has 4 N–H and O–H groups in total. The lowest BCUT2D eigenvalue weighted by atomic mass is 9.64. The second-order valence-electron chi connectivity index (χ2n) is 6.48. The van der Waals surface area contributed by atoms with Crippen molar-refractivity contribution in [3.63, 3.8) is 0 Å². The molecular weight excluding hydrogens is 337 g/mol. The van der Waals surface area contributed by atoms with Crippen molar-refractivity contribution in [2.75, 3.05) is 23.0 Å². The molecule has 0 amide bonds. The number of nitrogen functional groups attached to an aromatic ring is 1. The van der Waals surface area contributed by atoms with Gasteiger partial charge in [-0.15, -0.1) is 0 Å². The van der Waals surface area contributed by atoms with Gasteiger partial charge < -0.3 is 11.5 Å². The minimum atomic E-state index is -3.03. The summed E-state index contributed by atoms with van der Waals surface area (Å²) < 4.78 is 38.2. The molecule has 5 nitrogen and oxygen atoms in total. The Balaban J connectivity index is 2.15. The van der Waals surface area contributed by atoms with E-state index in [9.17, 15) is 12.8 Å². The molecule has 2 aliphatic rings. The summed E-state index contributed by atoms with van der Waals surface area (Å²) >= 11 is 1.41. The first-order chi connectivity index (χ1) is 10.7. The molecule has 0 unspecified atom stereocenters. The predicted octanol–water partition coefficient (Wildman–Crippen LogP) is 1.88. The summed E-state index contributed by atoms with van der Waals surface area (Å²) in [6, 6.07) is 4.43. The number of rotatable bonds is 1. The van der Waals surface area contributed by atoms with E-state index in [2.05, 4.69) is 4.99 Å². The van der Waals surface area contributed by atoms with Gasteiger partial charge in [0.05, 0.1) is 17.0 Å². The summed E-state index contributed by atoms with van der Waals surface area (Å²) in [4.78, 5) is 4.58. The van der Waals surface area contributed by atoms with Gasteiger partial charge in [0.1, 0.15) is 15.7 Å². The number of nitrogens with two attached hydrogens (primary N) is 2. The van der Waals surface area contributed by atoms with Crippen LogP contribution in [0.15, 0.2) is 23.2 Å². The Morgan fingerprint density at radius 2 is 1.91 bits per heavy atom. The van der Waals surface area contributed by atoms with E-state index >= 15 is 0 Å². The van der Waals surface area contributed by atoms with Crippen LogP contribution in [0.2, 0.25) is 0 Å². The molecular formula is C15H20FN3O2S2. The third-order valence-electron chi connectivity index (χ3n) is 5.16. The molecule has 0 aliphatic carbocycles. The molecule has 2 aliphatic heterocycles. The zero-order valence-electron chi connectivity index (χ0n) is 12.9. The van der Waals surface area contributed by atoms with E-state index in [1.54, 1.807) is 6.07 Å². The summed E-state index contributed by atoms with van der Waals surface area (Å²) in [5.41, 5.74) is 11.2. The maximum Gasteiger partial charge on any atom is 0.154 e. The maximum absolute atomic E-state index is 14.5. The lowest BCUT2D eigenvalue weighted by molar-refractivity contribution is 0.142. The third-order valence-corrected chi connectivity index (χ3v) is 7.90. The van der Waals surface area contributed by atoms with Gasteiger partial charge in [-0.05, 0) is 38.0 Å². The van der Waals surface area contributed by atoms with E-state index in [1.807, 2.05) is 6.92 Å². The van der Waals surface area contributed by atoms with Gasteiger partial charge in [0, 0.05) is 22.4 Å². The fourth-order valence-corrected chi connectivity index (χ4v) is 6.39. The van der Waals surface area contributed by atoms with Crippen LogP contribution in [0.5, 0.6) is 0 Å². The number of hydrogen-bond donors (Lipinski definition) is 2. The Kier molecular flexibility index (Phi) is 3.87. The van der Waals surface area contributed by atoms with Crippen LogP contribution in [0.1, 0.15) is 25.3 Å². The van der Waals surface area contributed by atoms with Crippen molar-refractivity contribution in [3.05, 3.63) is 29.6 Å². The second kappa shape index (κ2) is 5.37. The number of amidine groups is 1. The van der Waals surface area contributed by atoms with Crippen LogP contribution in [0, 0.1) is 11.2 Å². The van der Waals surface area contributed by atoms with E-state index in [0.717, 1.165) is 0 Å². The first kappa shape index (κ1) is 16.6. The Labute approximate surface area is 139 Å². The molecule has 0 saturated carbocycles. The topological polar surface area (TPSA) is 98.5 Å². The number of hydrogen-bond acceptors (Lipinski definition) is 6. The van der Waals surface area contributed by atoms with Gasteiger partial charge in [-0.1, -0.05) is 11.8 Å². The highest BCUT2D eigenvalue weighted by molar-refractivity contribution is 8.13. The quantitative estimate of drug-likeness (QED) is 0.748. The molecule has 23 heavy (non-hydrogen) atoms. The van der Waals surface area contributed by atoms with Crippen molar-refractivity contribution in [3.8, 4) is 0 Å². The number of anilines is 1. The predicted molar refractivity (Wildman–Crippen MR) is 92.6 cm³/mol. The Hall–Kier alpha value is -1.28. The number of nitrogens with zero attached hydrogens (tertiary/aromatic N) is 1. The van der Waals surface area contributed by atoms with Crippen molar-refractivity contribution < 1.29 is 12.8 Å². The standard InChI is InChI=1S/C15H20FN3O2S2/c1-14(11-8-10(17)2-3-12(11)16)15(9-22-13(18)19-14)4-6-23(20,21)7-5-15/h2-3,8H,4-7,9,17H2,1H3,(H2,18,19)/t14-/m1/s1. The number of sulfone groups is 1. The average Bonchev–Trinajstić information content (AvgIpc) is 2.48. The van der Waals surface area contributed by atoms with E-state index in [4.69, 9.17) is 11.5 Å². The van der Waals surface area contributed by atoms with E-state index in [-0.39, 0.29) is 11.5 Å². The van der Waals surface area contributed by atoms with Gasteiger partial charge in [0.15, 0.2) is 5.17 Å². The van der Waals surface area contributed by atoms with Gasteiger partial charge >= 0.3 is 0 Å². The van der Waals surface area contributed by atoms with Crippen LogP contribution in [0.4, 0.5) is 10.1 Å². The van der Waals surface area contributed by atoms with Crippen LogP contribution in [0.25, 0.3) is 0 Å². The lowest BCUT2D eigenvalue weighted by Crippen LogP contribution is -2.52. The molecule has 126 valence electrons. The fourth-order valence-electron chi connectivity index (χ4n) is 3.55. The summed E-state index contributed by atoms with van der Waals surface area (Å²) in [6.45, 7) is 1.84. The molecule has 1 fully saturated rings. The average molecular weight is 357 g/mol. The molecule has 3 rings (SSSR count). The van der Waals surface area contributed by atoms with Crippen LogP contribution in [0.3, 0.4) is 0 Å². The second-order valence-corrected chi connectivity index (χ2v) is 9.78. The number of halogens is 1. The number of benzene rings is 1. The summed E-state index contributed by atoms with van der Waals surface area (Å²) in [6.07, 6.45) is 0.897. The number of thioether (sulfide) groups is 1. The largest absolute Gasteiger partial charge is 0.399 e. The molecule has 0 aromatic heterocycles. The lowest BCUT2D eigenvalue weighted by Gasteiger charge is -2.51. The molecule has 1 saturated heterocycles. The van der Waals surface area contributed by atoms with E-state index in [1.165, 1.54) is 23.9 Å². The van der Waals surface area contributed by atoms with E-state index < -0.39 is 26.6 Å². The minimum absolute atomic E-state index is 0.0997. The van der Waals surface area contributed by atoms with Crippen molar-refractivity contribution in [2.45, 2.75) is 25.3 Å². The molecule has 0 radical (unpaired) electrons. The van der Waals surface area contributed by atoms with Crippen molar-refractivity contribution in [1.29, 1.82) is 0 Å². The fraction of sp³-hybridized carbons (Fsp3) is 0.533. The molecule has 1 aromatic rings. The zero-order chi connectivity index (χ0) is 16.9. The smallest absolute Gasteiger partial charge is 0.154 e. The summed E-state index contributed by atoms with van der Waals surface area (Å²) in [5, 5.41) is 0.397. The Bertz CT molecular complexity index is 765. The molecule has 8 heteroatoms. The van der Waals surface area contributed by atoms with Gasteiger partial charge in [-0.2, -0.15) is 0 Å². The Morgan fingerprint density at radius 1 is 1.26 bits per heavy atom. The molecule has 0 bridgehead atoms.